The van der Waals surface area contributed by atoms with Crippen LogP contribution in [0.25, 0.3) is 11.1 Å². The Kier molecular flexibility index (Phi) is 3.93. The van der Waals surface area contributed by atoms with E-state index >= 15 is 0 Å². The fraction of sp³-hybridized carbons (Fsp3) is 0.200. The zero-order chi connectivity index (χ0) is 15.0. The van der Waals surface area contributed by atoms with E-state index in [9.17, 15) is 4.39 Å². The Balaban J connectivity index is 2.21. The summed E-state index contributed by atoms with van der Waals surface area (Å²) in [5.41, 5.74) is 7.29. The summed E-state index contributed by atoms with van der Waals surface area (Å²) in [6, 6.07) is 7.90. The summed E-state index contributed by atoms with van der Waals surface area (Å²) < 4.78 is 19.7. The van der Waals surface area contributed by atoms with E-state index in [0.717, 1.165) is 0 Å². The molecule has 0 bridgehead atoms. The molecule has 1 aliphatic heterocycles. The largest absolute Gasteiger partial charge is 0.484 e. The summed E-state index contributed by atoms with van der Waals surface area (Å²) in [7, 11) is 0. The van der Waals surface area contributed by atoms with Crippen molar-refractivity contribution in [3.05, 3.63) is 46.2 Å². The second-order valence-electron chi connectivity index (χ2n) is 4.78. The maximum absolute atomic E-state index is 13.9. The molecule has 0 amide bonds. The molecular weight excluding hydrogens is 314 g/mol. The summed E-state index contributed by atoms with van der Waals surface area (Å²) in [6.07, 6.45) is -0.178. The van der Waals surface area contributed by atoms with Crippen LogP contribution in [0, 0.1) is 5.82 Å². The first-order valence-corrected chi connectivity index (χ1v) is 7.24. The van der Waals surface area contributed by atoms with Gasteiger partial charge in [-0.15, -0.1) is 0 Å². The minimum absolute atomic E-state index is 0.178. The first kappa shape index (κ1) is 14.4. The fourth-order valence-corrected chi connectivity index (χ4v) is 2.96. The molecule has 2 aromatic carbocycles. The van der Waals surface area contributed by atoms with Crippen LogP contribution in [0.5, 0.6) is 5.75 Å². The van der Waals surface area contributed by atoms with Crippen LogP contribution in [-0.2, 0) is 0 Å². The molecule has 110 valence electrons. The van der Waals surface area contributed by atoms with Crippen molar-refractivity contribution in [1.82, 2.24) is 0 Å². The van der Waals surface area contributed by atoms with Crippen LogP contribution >= 0.6 is 23.2 Å². The van der Waals surface area contributed by atoms with Gasteiger partial charge in [0.1, 0.15) is 11.9 Å². The normalized spacial score (nSPS) is 16.9. The van der Waals surface area contributed by atoms with Gasteiger partial charge in [-0.1, -0.05) is 29.3 Å². The molecular formula is C15H13Cl2FN2O. The molecule has 1 heterocycles. The molecule has 0 radical (unpaired) electrons. The molecule has 0 saturated carbocycles. The third-order valence-corrected chi connectivity index (χ3v) is 3.98. The number of nitrogens with one attached hydrogen (secondary N) is 1. The smallest absolute Gasteiger partial charge is 0.151 e. The van der Waals surface area contributed by atoms with E-state index in [-0.39, 0.29) is 11.9 Å². The lowest BCUT2D eigenvalue weighted by Gasteiger charge is -2.28. The van der Waals surface area contributed by atoms with Crippen LogP contribution in [-0.4, -0.2) is 19.2 Å². The van der Waals surface area contributed by atoms with Crippen molar-refractivity contribution >= 4 is 28.9 Å². The Labute approximate surface area is 131 Å². The van der Waals surface area contributed by atoms with Gasteiger partial charge in [0, 0.05) is 23.7 Å². The first-order chi connectivity index (χ1) is 10.1. The molecule has 0 spiro atoms. The van der Waals surface area contributed by atoms with Gasteiger partial charge >= 0.3 is 0 Å². The molecule has 0 aliphatic carbocycles. The highest BCUT2D eigenvalue weighted by atomic mass is 35.5. The van der Waals surface area contributed by atoms with Gasteiger partial charge in [0.25, 0.3) is 0 Å². The number of rotatable bonds is 2. The SMILES string of the molecule is NC[C@H]1CNc2cc(F)cc(-c3c(Cl)cccc3Cl)c2O1. The van der Waals surface area contributed by atoms with Crippen molar-refractivity contribution in [1.29, 1.82) is 0 Å². The monoisotopic (exact) mass is 326 g/mol. The number of nitrogens with two attached hydrogens (primary N) is 1. The highest BCUT2D eigenvalue weighted by molar-refractivity contribution is 6.39. The Bertz CT molecular complexity index is 673. The van der Waals surface area contributed by atoms with Gasteiger partial charge in [0.15, 0.2) is 5.75 Å². The van der Waals surface area contributed by atoms with E-state index in [1.807, 2.05) is 0 Å². The average molecular weight is 327 g/mol. The zero-order valence-corrected chi connectivity index (χ0v) is 12.5. The van der Waals surface area contributed by atoms with Crippen molar-refractivity contribution in [2.45, 2.75) is 6.10 Å². The van der Waals surface area contributed by atoms with Crippen molar-refractivity contribution < 1.29 is 9.13 Å². The predicted octanol–water partition coefficient (Wildman–Crippen LogP) is 3.93. The molecule has 3 N–H and O–H groups in total. The Hall–Kier alpha value is -1.49. The number of ether oxygens (including phenoxy) is 1. The van der Waals surface area contributed by atoms with Crippen LogP contribution < -0.4 is 15.8 Å². The maximum atomic E-state index is 13.9. The maximum Gasteiger partial charge on any atom is 0.151 e. The third kappa shape index (κ3) is 2.67. The molecule has 6 heteroatoms. The Morgan fingerprint density at radius 2 is 2.00 bits per heavy atom. The highest BCUT2D eigenvalue weighted by Crippen LogP contribution is 2.45. The van der Waals surface area contributed by atoms with Crippen LogP contribution in [0.2, 0.25) is 10.0 Å². The molecule has 3 nitrogen and oxygen atoms in total. The second-order valence-corrected chi connectivity index (χ2v) is 5.60. The number of benzene rings is 2. The lowest BCUT2D eigenvalue weighted by atomic mass is 10.0. The van der Waals surface area contributed by atoms with Crippen LogP contribution in [0.3, 0.4) is 0 Å². The van der Waals surface area contributed by atoms with Crippen molar-refractivity contribution in [3.8, 4) is 16.9 Å². The highest BCUT2D eigenvalue weighted by Gasteiger charge is 2.24. The number of hydrogen-bond donors (Lipinski definition) is 2. The Morgan fingerprint density at radius 1 is 1.29 bits per heavy atom. The van der Waals surface area contributed by atoms with Gasteiger partial charge in [0.2, 0.25) is 0 Å². The summed E-state index contributed by atoms with van der Waals surface area (Å²) >= 11 is 12.4. The minimum atomic E-state index is -0.387. The van der Waals surface area contributed by atoms with Gasteiger partial charge in [-0.25, -0.2) is 4.39 Å². The van der Waals surface area contributed by atoms with Gasteiger partial charge in [-0.05, 0) is 18.2 Å². The van der Waals surface area contributed by atoms with Crippen molar-refractivity contribution in [2.24, 2.45) is 5.73 Å². The van der Waals surface area contributed by atoms with Gasteiger partial charge in [-0.2, -0.15) is 0 Å². The molecule has 1 atom stereocenters. The quantitative estimate of drug-likeness (QED) is 0.878. The van der Waals surface area contributed by atoms with E-state index in [4.69, 9.17) is 33.7 Å². The van der Waals surface area contributed by atoms with E-state index in [1.165, 1.54) is 12.1 Å². The van der Waals surface area contributed by atoms with Crippen LogP contribution in [0.15, 0.2) is 30.3 Å². The van der Waals surface area contributed by atoms with Gasteiger partial charge in [-0.3, -0.25) is 0 Å². The zero-order valence-electron chi connectivity index (χ0n) is 11.0. The molecule has 1 aliphatic rings. The second kappa shape index (κ2) is 5.72. The van der Waals surface area contributed by atoms with E-state index in [1.54, 1.807) is 18.2 Å². The lowest BCUT2D eigenvalue weighted by molar-refractivity contribution is 0.215. The van der Waals surface area contributed by atoms with Crippen molar-refractivity contribution in [2.75, 3.05) is 18.4 Å². The van der Waals surface area contributed by atoms with Crippen LogP contribution in [0.1, 0.15) is 0 Å². The predicted molar refractivity (Wildman–Crippen MR) is 83.8 cm³/mol. The van der Waals surface area contributed by atoms with Crippen molar-refractivity contribution in [3.63, 3.8) is 0 Å². The summed E-state index contributed by atoms with van der Waals surface area (Å²) in [4.78, 5) is 0. The molecule has 0 fully saturated rings. The molecule has 3 rings (SSSR count). The lowest BCUT2D eigenvalue weighted by Crippen LogP contribution is -2.37. The van der Waals surface area contributed by atoms with E-state index < -0.39 is 0 Å². The molecule has 0 saturated heterocycles. The van der Waals surface area contributed by atoms with Gasteiger partial charge < -0.3 is 15.8 Å². The number of anilines is 1. The summed E-state index contributed by atoms with van der Waals surface area (Å²) in [6.45, 7) is 0.891. The number of hydrogen-bond acceptors (Lipinski definition) is 3. The van der Waals surface area contributed by atoms with E-state index in [0.29, 0.717) is 45.7 Å². The molecule has 2 aromatic rings. The standard InChI is InChI=1S/C15H13Cl2FN2O/c16-11-2-1-3-12(17)14(11)10-4-8(18)5-13-15(10)21-9(6-19)7-20-13/h1-5,9,20H,6-7,19H2/t9-/m0/s1. The third-order valence-electron chi connectivity index (χ3n) is 3.35. The minimum Gasteiger partial charge on any atom is -0.484 e. The van der Waals surface area contributed by atoms with E-state index in [2.05, 4.69) is 5.32 Å². The van der Waals surface area contributed by atoms with Crippen LogP contribution in [0.4, 0.5) is 10.1 Å². The molecule has 0 unspecified atom stereocenters. The fourth-order valence-electron chi connectivity index (χ4n) is 2.36. The van der Waals surface area contributed by atoms with Gasteiger partial charge in [0.05, 0.1) is 22.3 Å². The molecule has 0 aromatic heterocycles. The Morgan fingerprint density at radius 3 is 2.67 bits per heavy atom. The summed E-state index contributed by atoms with van der Waals surface area (Å²) in [5, 5.41) is 4.00. The first-order valence-electron chi connectivity index (χ1n) is 6.48. The summed E-state index contributed by atoms with van der Waals surface area (Å²) in [5.74, 6) is 0.134. The molecule has 21 heavy (non-hydrogen) atoms. The average Bonchev–Trinajstić information content (AvgIpc) is 2.46. The number of halogens is 3. The topological polar surface area (TPSA) is 47.3 Å². The number of fused-ring (bicyclic) bond motifs is 1.